The van der Waals surface area contributed by atoms with Gasteiger partial charge in [0.2, 0.25) is 11.0 Å². The lowest BCUT2D eigenvalue weighted by Crippen LogP contribution is -2.50. The Morgan fingerprint density at radius 2 is 1.97 bits per heavy atom. The Morgan fingerprint density at radius 3 is 2.69 bits per heavy atom. The van der Waals surface area contributed by atoms with E-state index in [1.165, 1.54) is 17.6 Å². The number of hydrogen-bond donors (Lipinski definition) is 1. The number of furan rings is 1. The van der Waals surface area contributed by atoms with Gasteiger partial charge in [0.15, 0.2) is 5.76 Å². The monoisotopic (exact) mass is 411 g/mol. The smallest absolute Gasteiger partial charge is 0.289 e. The highest BCUT2D eigenvalue weighted by Crippen LogP contribution is 2.26. The number of aryl methyl sites for hydroxylation is 1. The second kappa shape index (κ2) is 8.54. The fraction of sp³-hybridized carbons (Fsp3) is 0.300. The minimum Gasteiger partial charge on any atom is -0.459 e. The van der Waals surface area contributed by atoms with Gasteiger partial charge in [-0.25, -0.2) is 0 Å². The molecule has 0 spiro atoms. The predicted octanol–water partition coefficient (Wildman–Crippen LogP) is 2.50. The number of aromatic nitrogens is 2. The summed E-state index contributed by atoms with van der Waals surface area (Å²) in [6, 6.07) is 11.4. The lowest BCUT2D eigenvalue weighted by Gasteiger charge is -2.33. The summed E-state index contributed by atoms with van der Waals surface area (Å²) < 4.78 is 5.17. The second-order valence-corrected chi connectivity index (χ2v) is 7.85. The number of anilines is 1. The van der Waals surface area contributed by atoms with Crippen LogP contribution in [-0.4, -0.2) is 64.5 Å². The summed E-state index contributed by atoms with van der Waals surface area (Å²) in [6.45, 7) is 4.65. The molecule has 2 aromatic heterocycles. The maximum absolute atomic E-state index is 12.4. The molecule has 0 unspecified atom stereocenters. The minimum absolute atomic E-state index is 0.114. The van der Waals surface area contributed by atoms with Gasteiger partial charge in [-0.2, -0.15) is 0 Å². The van der Waals surface area contributed by atoms with Gasteiger partial charge in [0.05, 0.1) is 12.8 Å². The van der Waals surface area contributed by atoms with E-state index in [0.717, 1.165) is 16.1 Å². The molecule has 1 aliphatic heterocycles. The van der Waals surface area contributed by atoms with Crippen LogP contribution in [0.1, 0.15) is 16.1 Å². The molecule has 150 valence electrons. The first-order valence-corrected chi connectivity index (χ1v) is 10.2. The number of nitrogens with one attached hydrogen (secondary N) is 1. The van der Waals surface area contributed by atoms with E-state index in [4.69, 9.17) is 4.42 Å². The number of nitrogens with zero attached hydrogens (tertiary/aromatic N) is 4. The first-order chi connectivity index (χ1) is 14.1. The number of benzene rings is 1. The van der Waals surface area contributed by atoms with E-state index in [2.05, 4.69) is 15.5 Å². The maximum atomic E-state index is 12.4. The zero-order valence-corrected chi connectivity index (χ0v) is 16.8. The molecule has 1 fully saturated rings. The molecule has 1 aliphatic rings. The molecule has 4 rings (SSSR count). The molecule has 1 saturated heterocycles. The highest BCUT2D eigenvalue weighted by molar-refractivity contribution is 7.18. The van der Waals surface area contributed by atoms with Crippen LogP contribution in [0.2, 0.25) is 0 Å². The molecule has 1 aromatic carbocycles. The van der Waals surface area contributed by atoms with Gasteiger partial charge in [-0.3, -0.25) is 19.8 Å². The molecule has 9 heteroatoms. The second-order valence-electron chi connectivity index (χ2n) is 6.88. The number of carbonyl (C=O) groups excluding carboxylic acids is 2. The van der Waals surface area contributed by atoms with Gasteiger partial charge in [0.1, 0.15) is 5.01 Å². The van der Waals surface area contributed by atoms with Gasteiger partial charge in [-0.05, 0) is 25.1 Å². The number of hydrogen-bond acceptors (Lipinski definition) is 7. The molecule has 2 amide bonds. The normalized spacial score (nSPS) is 14.7. The first kappa shape index (κ1) is 19.3. The Morgan fingerprint density at radius 1 is 1.14 bits per heavy atom. The van der Waals surface area contributed by atoms with Crippen molar-refractivity contribution in [3.8, 4) is 10.6 Å². The number of amides is 2. The molecule has 3 aromatic rings. The van der Waals surface area contributed by atoms with Crippen LogP contribution in [0.4, 0.5) is 5.13 Å². The zero-order chi connectivity index (χ0) is 20.2. The van der Waals surface area contributed by atoms with Crippen LogP contribution in [0.5, 0.6) is 0 Å². The van der Waals surface area contributed by atoms with Gasteiger partial charge in [-0.15, -0.1) is 10.2 Å². The summed E-state index contributed by atoms with van der Waals surface area (Å²) in [4.78, 5) is 28.4. The van der Waals surface area contributed by atoms with E-state index in [0.29, 0.717) is 37.1 Å². The lowest BCUT2D eigenvalue weighted by atomic mass is 10.1. The van der Waals surface area contributed by atoms with Crippen molar-refractivity contribution < 1.29 is 14.0 Å². The van der Waals surface area contributed by atoms with Crippen molar-refractivity contribution in [1.82, 2.24) is 20.0 Å². The average Bonchev–Trinajstić information content (AvgIpc) is 3.40. The third kappa shape index (κ3) is 4.69. The molecule has 0 saturated carbocycles. The lowest BCUT2D eigenvalue weighted by molar-refractivity contribution is -0.117. The summed E-state index contributed by atoms with van der Waals surface area (Å²) in [6.07, 6.45) is 1.49. The van der Waals surface area contributed by atoms with E-state index < -0.39 is 0 Å². The predicted molar refractivity (Wildman–Crippen MR) is 110 cm³/mol. The Labute approximate surface area is 172 Å². The third-order valence-corrected chi connectivity index (χ3v) is 5.58. The SMILES string of the molecule is Cc1cccc(-c2nnc(NC(=O)CN3CCN(C(=O)c4ccco4)CC3)s2)c1. The summed E-state index contributed by atoms with van der Waals surface area (Å²) >= 11 is 1.35. The van der Waals surface area contributed by atoms with Crippen molar-refractivity contribution >= 4 is 28.3 Å². The number of piperazine rings is 1. The summed E-state index contributed by atoms with van der Waals surface area (Å²) in [5, 5.41) is 12.3. The standard InChI is InChI=1S/C20H21N5O3S/c1-14-4-2-5-15(12-14)18-22-23-20(29-18)21-17(26)13-24-7-9-25(10-8-24)19(27)16-6-3-11-28-16/h2-6,11-12H,7-10,13H2,1H3,(H,21,23,26). The van der Waals surface area contributed by atoms with E-state index in [1.807, 2.05) is 36.1 Å². The first-order valence-electron chi connectivity index (χ1n) is 9.34. The van der Waals surface area contributed by atoms with E-state index >= 15 is 0 Å². The Hall–Kier alpha value is -3.04. The zero-order valence-electron chi connectivity index (χ0n) is 16.0. The average molecular weight is 411 g/mol. The number of carbonyl (C=O) groups is 2. The van der Waals surface area contributed by atoms with Crippen LogP contribution < -0.4 is 5.32 Å². The fourth-order valence-corrected chi connectivity index (χ4v) is 3.95. The van der Waals surface area contributed by atoms with Crippen LogP contribution >= 0.6 is 11.3 Å². The highest BCUT2D eigenvalue weighted by Gasteiger charge is 2.24. The van der Waals surface area contributed by atoms with Crippen LogP contribution in [0.3, 0.4) is 0 Å². The van der Waals surface area contributed by atoms with Crippen molar-refractivity contribution in [3.05, 3.63) is 54.0 Å². The maximum Gasteiger partial charge on any atom is 0.289 e. The van der Waals surface area contributed by atoms with E-state index in [9.17, 15) is 9.59 Å². The molecule has 8 nitrogen and oxygen atoms in total. The van der Waals surface area contributed by atoms with Crippen molar-refractivity contribution in [1.29, 1.82) is 0 Å². The molecule has 29 heavy (non-hydrogen) atoms. The highest BCUT2D eigenvalue weighted by atomic mass is 32.1. The van der Waals surface area contributed by atoms with Crippen molar-refractivity contribution in [3.63, 3.8) is 0 Å². The Balaban J connectivity index is 1.27. The van der Waals surface area contributed by atoms with Crippen molar-refractivity contribution in [2.24, 2.45) is 0 Å². The molecule has 0 bridgehead atoms. The molecule has 0 aliphatic carbocycles. The molecule has 1 N–H and O–H groups in total. The fourth-order valence-electron chi connectivity index (χ4n) is 3.20. The summed E-state index contributed by atoms with van der Waals surface area (Å²) in [5.41, 5.74) is 2.13. The molecule has 0 radical (unpaired) electrons. The quantitative estimate of drug-likeness (QED) is 0.694. The largest absolute Gasteiger partial charge is 0.459 e. The minimum atomic E-state index is -0.136. The third-order valence-electron chi connectivity index (χ3n) is 4.70. The number of rotatable bonds is 5. The summed E-state index contributed by atoms with van der Waals surface area (Å²) in [7, 11) is 0. The van der Waals surface area contributed by atoms with Crippen LogP contribution in [0.15, 0.2) is 47.1 Å². The van der Waals surface area contributed by atoms with Gasteiger partial charge < -0.3 is 9.32 Å². The van der Waals surface area contributed by atoms with Gasteiger partial charge >= 0.3 is 0 Å². The van der Waals surface area contributed by atoms with Crippen LogP contribution in [0, 0.1) is 6.92 Å². The molecule has 3 heterocycles. The van der Waals surface area contributed by atoms with Gasteiger partial charge in [0.25, 0.3) is 5.91 Å². The van der Waals surface area contributed by atoms with Crippen LogP contribution in [0.25, 0.3) is 10.6 Å². The van der Waals surface area contributed by atoms with Gasteiger partial charge in [0, 0.05) is 31.7 Å². The van der Waals surface area contributed by atoms with E-state index in [1.54, 1.807) is 17.0 Å². The molecular formula is C20H21N5O3S. The van der Waals surface area contributed by atoms with Crippen LogP contribution in [-0.2, 0) is 4.79 Å². The molecule has 0 atom stereocenters. The van der Waals surface area contributed by atoms with E-state index in [-0.39, 0.29) is 18.4 Å². The summed E-state index contributed by atoms with van der Waals surface area (Å²) in [5.74, 6) is 0.0938. The Bertz CT molecular complexity index is 993. The Kier molecular flexibility index (Phi) is 5.68. The van der Waals surface area contributed by atoms with Crippen molar-refractivity contribution in [2.75, 3.05) is 38.0 Å². The molecular weight excluding hydrogens is 390 g/mol. The van der Waals surface area contributed by atoms with Gasteiger partial charge in [-0.1, -0.05) is 35.1 Å². The topological polar surface area (TPSA) is 91.6 Å². The van der Waals surface area contributed by atoms with Crippen molar-refractivity contribution in [2.45, 2.75) is 6.92 Å².